The summed E-state index contributed by atoms with van der Waals surface area (Å²) >= 11 is 3.45. The lowest BCUT2D eigenvalue weighted by Gasteiger charge is -2.29. The smallest absolute Gasteiger partial charge is 0.352 e. The first-order chi connectivity index (χ1) is 17.4. The molecule has 2 heterocycles. The molecule has 1 aliphatic rings. The highest BCUT2D eigenvalue weighted by Gasteiger charge is 2.25. The minimum atomic E-state index is -0.969. The topological polar surface area (TPSA) is 86.7 Å². The molecule has 36 heavy (non-hydrogen) atoms. The van der Waals surface area contributed by atoms with Gasteiger partial charge in [-0.05, 0) is 75.9 Å². The lowest BCUT2D eigenvalue weighted by Crippen LogP contribution is -2.29. The molecule has 0 spiro atoms. The summed E-state index contributed by atoms with van der Waals surface area (Å²) in [5.74, 6) is 0.408. The van der Waals surface area contributed by atoms with Crippen molar-refractivity contribution in [3.8, 4) is 11.5 Å². The number of nitrogens with zero attached hydrogens (tertiary/aromatic N) is 2. The number of carboxylic acids is 1. The first kappa shape index (κ1) is 24.7. The van der Waals surface area contributed by atoms with Crippen molar-refractivity contribution in [1.82, 2.24) is 9.55 Å². The van der Waals surface area contributed by atoms with Gasteiger partial charge >= 0.3 is 5.97 Å². The van der Waals surface area contributed by atoms with Gasteiger partial charge in [0.15, 0.2) is 0 Å². The summed E-state index contributed by atoms with van der Waals surface area (Å²) in [6, 6.07) is 15.5. The van der Waals surface area contributed by atoms with E-state index in [4.69, 9.17) is 13.9 Å². The fourth-order valence-corrected chi connectivity index (χ4v) is 5.18. The number of carboxylic acid groups (broad SMARTS) is 1. The summed E-state index contributed by atoms with van der Waals surface area (Å²) in [5.41, 5.74) is 3.99. The molecule has 1 fully saturated rings. The summed E-state index contributed by atoms with van der Waals surface area (Å²) in [6.07, 6.45) is 3.69. The van der Waals surface area contributed by atoms with Crippen LogP contribution in [0.25, 0.3) is 22.4 Å². The van der Waals surface area contributed by atoms with E-state index in [9.17, 15) is 9.90 Å². The van der Waals surface area contributed by atoms with Gasteiger partial charge in [0.05, 0.1) is 24.3 Å². The van der Waals surface area contributed by atoms with Crippen LogP contribution in [-0.2, 0) is 22.8 Å². The normalized spacial score (nSPS) is 18.1. The molecule has 0 saturated heterocycles. The number of aromatic carboxylic acids is 1. The van der Waals surface area contributed by atoms with E-state index >= 15 is 0 Å². The molecule has 0 aliphatic heterocycles. The molecule has 1 N–H and O–H groups in total. The van der Waals surface area contributed by atoms with Crippen LogP contribution in [0.3, 0.4) is 0 Å². The minimum absolute atomic E-state index is 0.000413. The Hall–Kier alpha value is -2.94. The van der Waals surface area contributed by atoms with Gasteiger partial charge in [-0.2, -0.15) is 0 Å². The maximum atomic E-state index is 11.8. The predicted octanol–water partition coefficient (Wildman–Crippen LogP) is 6.88. The van der Waals surface area contributed by atoms with Gasteiger partial charge in [0.2, 0.25) is 5.89 Å². The van der Waals surface area contributed by atoms with E-state index in [2.05, 4.69) is 27.0 Å². The van der Waals surface area contributed by atoms with E-state index in [1.165, 1.54) is 0 Å². The molecule has 5 rings (SSSR count). The Morgan fingerprint density at radius 3 is 2.72 bits per heavy atom. The highest BCUT2D eigenvalue weighted by atomic mass is 79.9. The number of hydrogen-bond donors (Lipinski definition) is 1. The standard InChI is InChI=1S/C28H29BrN2O5/c1-17-5-3-6-19(11-17)27-30-24(18(2)36-27)15-34-22-7-4-8-23(14-22)35-16-31-25-10-9-21(29)12-20(25)13-26(31)28(32)33/h3,5-6,9-13,22-23H,4,7-8,14-16H2,1-2H3,(H,32,33)/t22-,23+/m0/s1. The Balaban J connectivity index is 1.21. The lowest BCUT2D eigenvalue weighted by atomic mass is 9.95. The van der Waals surface area contributed by atoms with Crippen LogP contribution < -0.4 is 0 Å². The number of fused-ring (bicyclic) bond motifs is 1. The highest BCUT2D eigenvalue weighted by molar-refractivity contribution is 9.10. The Morgan fingerprint density at radius 2 is 1.94 bits per heavy atom. The van der Waals surface area contributed by atoms with Crippen molar-refractivity contribution in [1.29, 1.82) is 0 Å². The second-order valence-electron chi connectivity index (χ2n) is 9.37. The number of rotatable bonds is 8. The van der Waals surface area contributed by atoms with Gasteiger partial charge in [-0.1, -0.05) is 33.6 Å². The Morgan fingerprint density at radius 1 is 1.14 bits per heavy atom. The number of carbonyl (C=O) groups is 1. The number of ether oxygens (including phenoxy) is 2. The van der Waals surface area contributed by atoms with Gasteiger partial charge in [-0.25, -0.2) is 9.78 Å². The van der Waals surface area contributed by atoms with Crippen molar-refractivity contribution >= 4 is 32.8 Å². The number of halogens is 1. The summed E-state index contributed by atoms with van der Waals surface area (Å²) in [6.45, 7) is 4.54. The fraction of sp³-hybridized carbons (Fsp3) is 0.357. The van der Waals surface area contributed by atoms with E-state index in [1.54, 1.807) is 10.6 Å². The van der Waals surface area contributed by atoms with Crippen molar-refractivity contribution in [2.45, 2.75) is 65.1 Å². The van der Waals surface area contributed by atoms with Crippen LogP contribution in [0.4, 0.5) is 0 Å². The zero-order valence-electron chi connectivity index (χ0n) is 20.4. The average Bonchev–Trinajstić information content (AvgIpc) is 3.41. The number of benzene rings is 2. The minimum Gasteiger partial charge on any atom is -0.477 e. The zero-order chi connectivity index (χ0) is 25.2. The molecule has 2 aromatic carbocycles. The van der Waals surface area contributed by atoms with Gasteiger partial charge in [-0.15, -0.1) is 0 Å². The van der Waals surface area contributed by atoms with Gasteiger partial charge in [-0.3, -0.25) is 0 Å². The lowest BCUT2D eigenvalue weighted by molar-refractivity contribution is -0.0687. The molecule has 1 aliphatic carbocycles. The molecular weight excluding hydrogens is 524 g/mol. The van der Waals surface area contributed by atoms with Gasteiger partial charge in [0, 0.05) is 15.4 Å². The largest absolute Gasteiger partial charge is 0.477 e. The SMILES string of the molecule is Cc1cccc(-c2nc(CO[C@H]3CCC[C@@H](OCn4c(C(=O)O)cc5cc(Br)ccc54)C3)c(C)o2)c1. The number of aromatic nitrogens is 2. The van der Waals surface area contributed by atoms with E-state index < -0.39 is 5.97 Å². The quantitative estimate of drug-likeness (QED) is 0.256. The van der Waals surface area contributed by atoms with Gasteiger partial charge < -0.3 is 23.6 Å². The van der Waals surface area contributed by atoms with Gasteiger partial charge in [0.25, 0.3) is 0 Å². The van der Waals surface area contributed by atoms with Crippen LogP contribution in [0.5, 0.6) is 0 Å². The van der Waals surface area contributed by atoms with Crippen molar-refractivity contribution in [2.24, 2.45) is 0 Å². The molecule has 188 valence electrons. The molecule has 4 aromatic rings. The van der Waals surface area contributed by atoms with Crippen LogP contribution in [0.2, 0.25) is 0 Å². The molecule has 1 saturated carbocycles. The van der Waals surface area contributed by atoms with Crippen molar-refractivity contribution in [2.75, 3.05) is 0 Å². The van der Waals surface area contributed by atoms with Gasteiger partial charge in [0.1, 0.15) is 23.9 Å². The third-order valence-corrected chi connectivity index (χ3v) is 7.21. The Kier molecular flexibility index (Phi) is 7.27. The second kappa shape index (κ2) is 10.6. The van der Waals surface area contributed by atoms with Crippen LogP contribution in [-0.4, -0.2) is 32.8 Å². The monoisotopic (exact) mass is 552 g/mol. The summed E-state index contributed by atoms with van der Waals surface area (Å²) in [4.78, 5) is 16.5. The Bertz CT molecular complexity index is 1390. The van der Waals surface area contributed by atoms with Crippen molar-refractivity contribution < 1.29 is 23.8 Å². The first-order valence-electron chi connectivity index (χ1n) is 12.2. The van der Waals surface area contributed by atoms with E-state index in [1.807, 2.05) is 50.2 Å². The first-order valence-corrected chi connectivity index (χ1v) is 13.0. The van der Waals surface area contributed by atoms with Crippen LogP contribution in [0.15, 0.2) is 57.4 Å². The predicted molar refractivity (Wildman–Crippen MR) is 140 cm³/mol. The second-order valence-corrected chi connectivity index (χ2v) is 10.3. The molecule has 8 heteroatoms. The average molecular weight is 553 g/mol. The Labute approximate surface area is 218 Å². The third-order valence-electron chi connectivity index (χ3n) is 6.71. The van der Waals surface area contributed by atoms with E-state index in [0.29, 0.717) is 12.5 Å². The summed E-state index contributed by atoms with van der Waals surface area (Å²) in [5, 5.41) is 10.5. The van der Waals surface area contributed by atoms with Crippen LogP contribution in [0.1, 0.15) is 53.2 Å². The number of oxazole rings is 1. The molecule has 7 nitrogen and oxygen atoms in total. The maximum absolute atomic E-state index is 11.8. The maximum Gasteiger partial charge on any atom is 0.352 e. The zero-order valence-corrected chi connectivity index (χ0v) is 22.0. The third kappa shape index (κ3) is 5.40. The molecule has 2 aromatic heterocycles. The van der Waals surface area contributed by atoms with Crippen molar-refractivity contribution in [3.63, 3.8) is 0 Å². The molecule has 0 amide bonds. The molecule has 0 unspecified atom stereocenters. The molecule has 0 radical (unpaired) electrons. The highest BCUT2D eigenvalue weighted by Crippen LogP contribution is 2.29. The molecule has 2 atom stereocenters. The summed E-state index contributed by atoms with van der Waals surface area (Å²) < 4.78 is 21.0. The van der Waals surface area contributed by atoms with Crippen molar-refractivity contribution in [3.05, 3.63) is 75.7 Å². The molecular formula is C28H29BrN2O5. The van der Waals surface area contributed by atoms with Crippen LogP contribution in [0, 0.1) is 13.8 Å². The van der Waals surface area contributed by atoms with Crippen LogP contribution >= 0.6 is 15.9 Å². The summed E-state index contributed by atoms with van der Waals surface area (Å²) in [7, 11) is 0. The van der Waals surface area contributed by atoms with E-state index in [-0.39, 0.29) is 24.6 Å². The number of aryl methyl sites for hydroxylation is 2. The molecule has 0 bridgehead atoms. The fourth-order valence-electron chi connectivity index (χ4n) is 4.80. The van der Waals surface area contributed by atoms with E-state index in [0.717, 1.165) is 63.6 Å². The number of hydrogen-bond acceptors (Lipinski definition) is 5.